The lowest BCUT2D eigenvalue weighted by atomic mass is 10.2. The van der Waals surface area contributed by atoms with Crippen LogP contribution in [0.15, 0.2) is 23.6 Å². The van der Waals surface area contributed by atoms with E-state index in [1.165, 1.54) is 22.3 Å². The summed E-state index contributed by atoms with van der Waals surface area (Å²) in [6.07, 6.45) is 1.41. The first-order valence-electron chi connectivity index (χ1n) is 7.86. The number of thiazole rings is 1. The van der Waals surface area contributed by atoms with Crippen LogP contribution in [0.2, 0.25) is 0 Å². The van der Waals surface area contributed by atoms with Crippen molar-refractivity contribution < 1.29 is 18.4 Å². The van der Waals surface area contributed by atoms with Crippen molar-refractivity contribution >= 4 is 28.3 Å². The van der Waals surface area contributed by atoms with Crippen LogP contribution in [-0.4, -0.2) is 35.3 Å². The van der Waals surface area contributed by atoms with Crippen molar-refractivity contribution in [1.29, 1.82) is 0 Å². The molecule has 0 unspecified atom stereocenters. The molecule has 0 radical (unpaired) electrons. The van der Waals surface area contributed by atoms with Gasteiger partial charge < -0.3 is 4.90 Å². The minimum atomic E-state index is -0.678. The number of hydrogen-bond donors (Lipinski definition) is 0. The molecular weight excluding hydrogens is 348 g/mol. The maximum atomic E-state index is 13.7. The maximum absolute atomic E-state index is 13.7. The minimum Gasteiger partial charge on any atom is -0.341 e. The molecule has 1 aromatic heterocycles. The number of nitrogens with zero attached hydrogens (tertiary/aromatic N) is 3. The standard InChI is InChI=1S/C17H17F2N3O2S/c1-21(9-11-4-5-12(18)7-14(11)19)16(24)8-13-10-25-17(20-13)22-6-2-3-15(22)23/h4-5,7,10H,2-3,6,8-9H2,1H3. The van der Waals surface area contributed by atoms with Crippen molar-refractivity contribution in [3.63, 3.8) is 0 Å². The summed E-state index contributed by atoms with van der Waals surface area (Å²) >= 11 is 1.33. The van der Waals surface area contributed by atoms with Gasteiger partial charge in [0.05, 0.1) is 12.1 Å². The second-order valence-corrected chi connectivity index (χ2v) is 6.77. The Bertz CT molecular complexity index is 809. The van der Waals surface area contributed by atoms with Crippen molar-refractivity contribution in [3.05, 3.63) is 46.5 Å². The Kier molecular flexibility index (Phi) is 5.08. The molecule has 0 spiro atoms. The van der Waals surface area contributed by atoms with E-state index >= 15 is 0 Å². The Morgan fingerprint density at radius 3 is 2.88 bits per heavy atom. The van der Waals surface area contributed by atoms with E-state index in [2.05, 4.69) is 4.98 Å². The van der Waals surface area contributed by atoms with Gasteiger partial charge in [-0.1, -0.05) is 6.07 Å². The van der Waals surface area contributed by atoms with Crippen LogP contribution in [0.3, 0.4) is 0 Å². The van der Waals surface area contributed by atoms with E-state index < -0.39 is 11.6 Å². The maximum Gasteiger partial charge on any atom is 0.228 e. The second kappa shape index (κ2) is 7.26. The van der Waals surface area contributed by atoms with E-state index in [0.717, 1.165) is 18.6 Å². The molecule has 132 valence electrons. The highest BCUT2D eigenvalue weighted by molar-refractivity contribution is 7.14. The summed E-state index contributed by atoms with van der Waals surface area (Å²) in [4.78, 5) is 31.4. The fourth-order valence-corrected chi connectivity index (χ4v) is 3.50. The lowest BCUT2D eigenvalue weighted by molar-refractivity contribution is -0.129. The van der Waals surface area contributed by atoms with Gasteiger partial charge in [0, 0.05) is 43.6 Å². The summed E-state index contributed by atoms with van der Waals surface area (Å²) in [5.74, 6) is -1.51. The Labute approximate surface area is 147 Å². The molecule has 5 nitrogen and oxygen atoms in total. The van der Waals surface area contributed by atoms with Gasteiger partial charge in [-0.3, -0.25) is 14.5 Å². The van der Waals surface area contributed by atoms with Crippen molar-refractivity contribution in [2.75, 3.05) is 18.5 Å². The average molecular weight is 365 g/mol. The highest BCUT2D eigenvalue weighted by Crippen LogP contribution is 2.25. The zero-order valence-electron chi connectivity index (χ0n) is 13.7. The largest absolute Gasteiger partial charge is 0.341 e. The number of halogens is 2. The highest BCUT2D eigenvalue weighted by Gasteiger charge is 2.24. The van der Waals surface area contributed by atoms with Gasteiger partial charge in [-0.2, -0.15) is 0 Å². The molecule has 2 heterocycles. The minimum absolute atomic E-state index is 0.0482. The Hall–Kier alpha value is -2.35. The van der Waals surface area contributed by atoms with Crippen molar-refractivity contribution in [2.45, 2.75) is 25.8 Å². The molecule has 1 saturated heterocycles. The van der Waals surface area contributed by atoms with Crippen LogP contribution < -0.4 is 4.90 Å². The van der Waals surface area contributed by atoms with Crippen LogP contribution in [0.4, 0.5) is 13.9 Å². The normalized spacial score (nSPS) is 14.2. The van der Waals surface area contributed by atoms with Gasteiger partial charge in [-0.25, -0.2) is 13.8 Å². The summed E-state index contributed by atoms with van der Waals surface area (Å²) < 4.78 is 26.6. The molecule has 2 aromatic rings. The number of anilines is 1. The molecule has 8 heteroatoms. The molecule has 25 heavy (non-hydrogen) atoms. The smallest absolute Gasteiger partial charge is 0.228 e. The summed E-state index contributed by atoms with van der Waals surface area (Å²) in [6, 6.07) is 3.29. The average Bonchev–Trinajstić information content (AvgIpc) is 3.18. The van der Waals surface area contributed by atoms with E-state index in [0.29, 0.717) is 23.8 Å². The zero-order chi connectivity index (χ0) is 18.0. The van der Waals surface area contributed by atoms with Crippen LogP contribution >= 0.6 is 11.3 Å². The molecule has 3 rings (SSSR count). The van der Waals surface area contributed by atoms with E-state index in [4.69, 9.17) is 0 Å². The third-order valence-electron chi connectivity index (χ3n) is 4.02. The van der Waals surface area contributed by atoms with Crippen LogP contribution in [-0.2, 0) is 22.6 Å². The number of carbonyl (C=O) groups is 2. The van der Waals surface area contributed by atoms with Gasteiger partial charge in [0.25, 0.3) is 0 Å². The quantitative estimate of drug-likeness (QED) is 0.819. The van der Waals surface area contributed by atoms with Gasteiger partial charge in [-0.15, -0.1) is 11.3 Å². The van der Waals surface area contributed by atoms with Gasteiger partial charge in [-0.05, 0) is 12.5 Å². The molecule has 1 aliphatic heterocycles. The van der Waals surface area contributed by atoms with E-state index in [9.17, 15) is 18.4 Å². The molecular formula is C17H17F2N3O2S. The lowest BCUT2D eigenvalue weighted by Gasteiger charge is -2.17. The fraction of sp³-hybridized carbons (Fsp3) is 0.353. The molecule has 0 N–H and O–H groups in total. The number of amides is 2. The van der Waals surface area contributed by atoms with Crippen LogP contribution in [0.1, 0.15) is 24.1 Å². The summed E-state index contributed by atoms with van der Waals surface area (Å²) in [5, 5.41) is 2.36. The molecule has 1 aromatic carbocycles. The Morgan fingerprint density at radius 2 is 2.20 bits per heavy atom. The van der Waals surface area contributed by atoms with E-state index in [1.807, 2.05) is 0 Å². The number of likely N-dealkylation sites (N-methyl/N-ethyl adjacent to an activating group) is 1. The predicted octanol–water partition coefficient (Wildman–Crippen LogP) is 2.75. The topological polar surface area (TPSA) is 53.5 Å². The third kappa shape index (κ3) is 4.01. The number of carbonyl (C=O) groups excluding carboxylic acids is 2. The first-order chi connectivity index (χ1) is 11.9. The monoisotopic (exact) mass is 365 g/mol. The Balaban J connectivity index is 1.61. The van der Waals surface area contributed by atoms with Crippen molar-refractivity contribution in [3.8, 4) is 0 Å². The van der Waals surface area contributed by atoms with Crippen molar-refractivity contribution in [1.82, 2.24) is 9.88 Å². The van der Waals surface area contributed by atoms with Gasteiger partial charge >= 0.3 is 0 Å². The van der Waals surface area contributed by atoms with Crippen LogP contribution in [0.5, 0.6) is 0 Å². The SMILES string of the molecule is CN(Cc1ccc(F)cc1F)C(=O)Cc1csc(N2CCCC2=O)n1. The second-order valence-electron chi connectivity index (χ2n) is 5.93. The molecule has 0 saturated carbocycles. The summed E-state index contributed by atoms with van der Waals surface area (Å²) in [7, 11) is 1.56. The van der Waals surface area contributed by atoms with E-state index in [-0.39, 0.29) is 30.3 Å². The lowest BCUT2D eigenvalue weighted by Crippen LogP contribution is -2.28. The molecule has 0 aliphatic carbocycles. The van der Waals surface area contributed by atoms with Crippen LogP contribution in [0.25, 0.3) is 0 Å². The molecule has 0 bridgehead atoms. The zero-order valence-corrected chi connectivity index (χ0v) is 14.5. The fourth-order valence-electron chi connectivity index (χ4n) is 2.64. The van der Waals surface area contributed by atoms with Gasteiger partial charge in [0.1, 0.15) is 11.6 Å². The van der Waals surface area contributed by atoms with E-state index in [1.54, 1.807) is 17.3 Å². The Morgan fingerprint density at radius 1 is 1.40 bits per heavy atom. The summed E-state index contributed by atoms with van der Waals surface area (Å²) in [6.45, 7) is 0.704. The molecule has 1 aliphatic rings. The van der Waals surface area contributed by atoms with Crippen molar-refractivity contribution in [2.24, 2.45) is 0 Å². The van der Waals surface area contributed by atoms with Crippen LogP contribution in [0, 0.1) is 11.6 Å². The first-order valence-corrected chi connectivity index (χ1v) is 8.74. The van der Waals surface area contributed by atoms with Gasteiger partial charge in [0.2, 0.25) is 11.8 Å². The first kappa shape index (κ1) is 17.5. The van der Waals surface area contributed by atoms with Gasteiger partial charge in [0.15, 0.2) is 5.13 Å². The highest BCUT2D eigenvalue weighted by atomic mass is 32.1. The number of hydrogen-bond acceptors (Lipinski definition) is 4. The summed E-state index contributed by atoms with van der Waals surface area (Å²) in [5.41, 5.74) is 0.829. The third-order valence-corrected chi connectivity index (χ3v) is 4.94. The molecule has 1 fully saturated rings. The molecule has 2 amide bonds. The number of aromatic nitrogens is 1. The number of benzene rings is 1. The molecule has 0 atom stereocenters. The predicted molar refractivity (Wildman–Crippen MR) is 90.2 cm³/mol. The number of rotatable bonds is 5.